The number of nitrogens with zero attached hydrogens (tertiary/aromatic N) is 1. The molecule has 4 heteroatoms. The highest BCUT2D eigenvalue weighted by Gasteiger charge is 2.47. The van der Waals surface area contributed by atoms with Gasteiger partial charge in [-0.25, -0.2) is 0 Å². The highest BCUT2D eigenvalue weighted by atomic mass is 16.2. The van der Waals surface area contributed by atoms with E-state index in [1.165, 1.54) is 15.8 Å². The molecule has 2 aliphatic rings. The standard InChI is InChI=1S/C19H22N2O2/c1-12-13(14-6-4-5-9-17(14)20-12)10-11-21-18(22)15-7-2-3-8-16(15)19(21)23/h4-6,9,15-16,20H,2-3,7-8,10-11H2,1H3/t15-,16-/m1/s1. The summed E-state index contributed by atoms with van der Waals surface area (Å²) in [5, 5.41) is 1.20. The monoisotopic (exact) mass is 310 g/mol. The summed E-state index contributed by atoms with van der Waals surface area (Å²) in [6, 6.07) is 8.20. The first-order valence-electron chi connectivity index (χ1n) is 8.58. The molecule has 2 fully saturated rings. The highest BCUT2D eigenvalue weighted by molar-refractivity contribution is 6.05. The number of carbonyl (C=O) groups excluding carboxylic acids is 2. The van der Waals surface area contributed by atoms with Gasteiger partial charge in [-0.05, 0) is 37.8 Å². The first kappa shape index (κ1) is 14.5. The number of rotatable bonds is 3. The largest absolute Gasteiger partial charge is 0.358 e. The quantitative estimate of drug-likeness (QED) is 0.885. The van der Waals surface area contributed by atoms with Crippen molar-refractivity contribution in [3.63, 3.8) is 0 Å². The van der Waals surface area contributed by atoms with Crippen LogP contribution in [0.1, 0.15) is 36.9 Å². The zero-order chi connectivity index (χ0) is 16.0. The molecule has 2 atom stereocenters. The number of hydrogen-bond acceptors (Lipinski definition) is 2. The van der Waals surface area contributed by atoms with E-state index in [0.717, 1.165) is 43.3 Å². The van der Waals surface area contributed by atoms with E-state index in [-0.39, 0.29) is 23.7 Å². The fourth-order valence-corrected chi connectivity index (χ4v) is 4.33. The lowest BCUT2D eigenvalue weighted by Gasteiger charge is -2.19. The Bertz CT molecular complexity index is 753. The van der Waals surface area contributed by atoms with E-state index in [1.807, 2.05) is 12.1 Å². The van der Waals surface area contributed by atoms with Gasteiger partial charge in [0.05, 0.1) is 11.8 Å². The fourth-order valence-electron chi connectivity index (χ4n) is 4.33. The summed E-state index contributed by atoms with van der Waals surface area (Å²) in [7, 11) is 0. The highest BCUT2D eigenvalue weighted by Crippen LogP contribution is 2.38. The summed E-state index contributed by atoms with van der Waals surface area (Å²) in [4.78, 5) is 30.0. The Labute approximate surface area is 135 Å². The molecule has 1 aromatic carbocycles. The molecule has 2 amide bonds. The number of imide groups is 1. The first-order valence-corrected chi connectivity index (χ1v) is 8.58. The van der Waals surface area contributed by atoms with E-state index in [4.69, 9.17) is 0 Å². The van der Waals surface area contributed by atoms with Crippen molar-refractivity contribution in [1.82, 2.24) is 9.88 Å². The normalized spacial score (nSPS) is 24.5. The maximum atomic E-state index is 12.6. The lowest BCUT2D eigenvalue weighted by Crippen LogP contribution is -2.33. The van der Waals surface area contributed by atoms with Gasteiger partial charge in [0.2, 0.25) is 11.8 Å². The third kappa shape index (κ3) is 2.28. The molecule has 0 radical (unpaired) electrons. The number of para-hydroxylation sites is 1. The van der Waals surface area contributed by atoms with Crippen molar-refractivity contribution in [2.24, 2.45) is 11.8 Å². The maximum Gasteiger partial charge on any atom is 0.233 e. The molecular formula is C19H22N2O2. The van der Waals surface area contributed by atoms with Gasteiger partial charge in [0.15, 0.2) is 0 Å². The van der Waals surface area contributed by atoms with Crippen LogP contribution < -0.4 is 0 Å². The fraction of sp³-hybridized carbons (Fsp3) is 0.474. The predicted molar refractivity (Wildman–Crippen MR) is 88.9 cm³/mol. The van der Waals surface area contributed by atoms with E-state index < -0.39 is 0 Å². The van der Waals surface area contributed by atoms with Crippen LogP contribution in [0.2, 0.25) is 0 Å². The van der Waals surface area contributed by atoms with E-state index >= 15 is 0 Å². The van der Waals surface area contributed by atoms with Crippen molar-refractivity contribution in [2.45, 2.75) is 39.0 Å². The number of H-pyrrole nitrogens is 1. The minimum Gasteiger partial charge on any atom is -0.358 e. The van der Waals surface area contributed by atoms with Crippen molar-refractivity contribution in [2.75, 3.05) is 6.54 Å². The van der Waals surface area contributed by atoms with Gasteiger partial charge in [-0.3, -0.25) is 14.5 Å². The van der Waals surface area contributed by atoms with Crippen LogP contribution in [0.15, 0.2) is 24.3 Å². The number of fused-ring (bicyclic) bond motifs is 2. The van der Waals surface area contributed by atoms with Crippen LogP contribution in [0.5, 0.6) is 0 Å². The third-order valence-corrected chi connectivity index (χ3v) is 5.54. The number of aromatic nitrogens is 1. The van der Waals surface area contributed by atoms with Crippen LogP contribution in [0, 0.1) is 18.8 Å². The number of aryl methyl sites for hydroxylation is 1. The molecule has 4 rings (SSSR count). The molecule has 1 saturated heterocycles. The smallest absolute Gasteiger partial charge is 0.233 e. The molecule has 2 aromatic rings. The van der Waals surface area contributed by atoms with E-state index in [2.05, 4.69) is 24.0 Å². The Balaban J connectivity index is 1.55. The number of amides is 2. The van der Waals surface area contributed by atoms with Gasteiger partial charge < -0.3 is 4.98 Å². The van der Waals surface area contributed by atoms with Crippen LogP contribution in [-0.2, 0) is 16.0 Å². The number of nitrogens with one attached hydrogen (secondary N) is 1. The topological polar surface area (TPSA) is 53.2 Å². The van der Waals surface area contributed by atoms with Gasteiger partial charge in [-0.15, -0.1) is 0 Å². The van der Waals surface area contributed by atoms with Gasteiger partial charge in [-0.2, -0.15) is 0 Å². The number of aromatic amines is 1. The summed E-state index contributed by atoms with van der Waals surface area (Å²) < 4.78 is 0. The Morgan fingerprint density at radius 2 is 1.74 bits per heavy atom. The van der Waals surface area contributed by atoms with E-state index in [1.54, 1.807) is 0 Å². The summed E-state index contributed by atoms with van der Waals surface area (Å²) in [5.41, 5.74) is 3.46. The number of benzene rings is 1. The molecule has 1 aliphatic heterocycles. The van der Waals surface area contributed by atoms with Gasteiger partial charge >= 0.3 is 0 Å². The Morgan fingerprint density at radius 3 is 2.43 bits per heavy atom. The molecule has 0 bridgehead atoms. The van der Waals surface area contributed by atoms with Gasteiger partial charge in [0, 0.05) is 23.1 Å². The second-order valence-corrected chi connectivity index (χ2v) is 6.85. The maximum absolute atomic E-state index is 12.6. The molecule has 0 spiro atoms. The van der Waals surface area contributed by atoms with Crippen molar-refractivity contribution in [1.29, 1.82) is 0 Å². The van der Waals surface area contributed by atoms with Gasteiger partial charge in [0.1, 0.15) is 0 Å². The minimum absolute atomic E-state index is 0.0414. The Kier molecular flexibility index (Phi) is 3.47. The number of carbonyl (C=O) groups is 2. The van der Waals surface area contributed by atoms with Gasteiger partial charge in [-0.1, -0.05) is 31.0 Å². The average molecular weight is 310 g/mol. The van der Waals surface area contributed by atoms with Crippen LogP contribution in [0.3, 0.4) is 0 Å². The lowest BCUT2D eigenvalue weighted by molar-refractivity contribution is -0.139. The summed E-state index contributed by atoms with van der Waals surface area (Å²) in [5.74, 6) is 0.0509. The van der Waals surface area contributed by atoms with Crippen LogP contribution in [-0.4, -0.2) is 28.2 Å². The zero-order valence-electron chi connectivity index (χ0n) is 13.5. The van der Waals surface area contributed by atoms with Gasteiger partial charge in [0.25, 0.3) is 0 Å². The van der Waals surface area contributed by atoms with E-state index in [9.17, 15) is 9.59 Å². The van der Waals surface area contributed by atoms with Crippen molar-refractivity contribution >= 4 is 22.7 Å². The third-order valence-electron chi connectivity index (χ3n) is 5.54. The van der Waals surface area contributed by atoms with Crippen molar-refractivity contribution in [3.8, 4) is 0 Å². The first-order chi connectivity index (χ1) is 11.2. The predicted octanol–water partition coefficient (Wildman–Crippen LogP) is 3.19. The van der Waals surface area contributed by atoms with E-state index in [0.29, 0.717) is 6.54 Å². The molecule has 1 aliphatic carbocycles. The SMILES string of the molecule is Cc1[nH]c2ccccc2c1CCN1C(=O)[C@@H]2CCCC[C@H]2C1=O. The second kappa shape index (κ2) is 5.52. The number of likely N-dealkylation sites (tertiary alicyclic amines) is 1. The summed E-state index contributed by atoms with van der Waals surface area (Å²) in [6.07, 6.45) is 4.66. The minimum atomic E-state index is -0.0414. The lowest BCUT2D eigenvalue weighted by atomic mass is 9.81. The second-order valence-electron chi connectivity index (χ2n) is 6.85. The molecule has 1 N–H and O–H groups in total. The Morgan fingerprint density at radius 1 is 1.09 bits per heavy atom. The van der Waals surface area contributed by atoms with Crippen LogP contribution in [0.4, 0.5) is 0 Å². The summed E-state index contributed by atoms with van der Waals surface area (Å²) in [6.45, 7) is 2.57. The van der Waals surface area contributed by atoms with Crippen LogP contribution >= 0.6 is 0 Å². The molecule has 4 nitrogen and oxygen atoms in total. The number of hydrogen-bond donors (Lipinski definition) is 1. The molecule has 0 unspecified atom stereocenters. The average Bonchev–Trinajstić information content (AvgIpc) is 3.01. The molecule has 2 heterocycles. The van der Waals surface area contributed by atoms with Crippen molar-refractivity contribution < 1.29 is 9.59 Å². The molecule has 23 heavy (non-hydrogen) atoms. The molecular weight excluding hydrogens is 288 g/mol. The van der Waals surface area contributed by atoms with Crippen LogP contribution in [0.25, 0.3) is 10.9 Å². The molecule has 1 saturated carbocycles. The van der Waals surface area contributed by atoms with Crippen molar-refractivity contribution in [3.05, 3.63) is 35.5 Å². The Hall–Kier alpha value is -2.10. The summed E-state index contributed by atoms with van der Waals surface area (Å²) >= 11 is 0. The molecule has 120 valence electrons. The molecule has 1 aromatic heterocycles. The zero-order valence-corrected chi connectivity index (χ0v) is 13.5.